The van der Waals surface area contributed by atoms with Crippen molar-refractivity contribution in [3.63, 3.8) is 0 Å². The van der Waals surface area contributed by atoms with Crippen molar-refractivity contribution in [1.82, 2.24) is 20.4 Å². The maximum absolute atomic E-state index is 14.4. The number of hydrogen-bond donors (Lipinski definition) is 3. The Bertz CT molecular complexity index is 1670. The lowest BCUT2D eigenvalue weighted by Gasteiger charge is -2.30. The average molecular weight is 638 g/mol. The van der Waals surface area contributed by atoms with Crippen molar-refractivity contribution < 1.29 is 55.3 Å². The third-order valence-corrected chi connectivity index (χ3v) is 8.61. The molecule has 1 saturated heterocycles. The molecule has 1 aromatic rings. The van der Waals surface area contributed by atoms with Crippen LogP contribution in [0.15, 0.2) is 30.4 Å². The standard InChI is InChI=1S/C32H41FN4O8/c1-31(2,3)45-29(42)34-24-13-8-6-4-5-7-11-20-15-32(20,28(40)41)35-26(38)25-14-21(17-37(25)27(24)39)44-30(43)36-16-19-10-9-12-23(33)22(19)18-36/h7,9-12,20-21,24-25H,4-6,8,13-18H2,1-3H3,(H,34,42)(H,35,38)(H,40,41)/b11-7-/t20-,21-,24+,25+,32-/m1/s1/i1D3,2D3,3D3. The van der Waals surface area contributed by atoms with E-state index in [-0.39, 0.29) is 38.8 Å². The predicted molar refractivity (Wildman–Crippen MR) is 158 cm³/mol. The molecule has 244 valence electrons. The normalized spacial score (nSPS) is 33.0. The molecule has 1 saturated carbocycles. The number of allylic oxidation sites excluding steroid dienone is 1. The van der Waals surface area contributed by atoms with Gasteiger partial charge in [0.1, 0.15) is 35.1 Å². The van der Waals surface area contributed by atoms with E-state index in [1.54, 1.807) is 18.2 Å². The molecular weight excluding hydrogens is 587 g/mol. The highest BCUT2D eigenvalue weighted by atomic mass is 19.1. The maximum Gasteiger partial charge on any atom is 0.410 e. The van der Waals surface area contributed by atoms with Gasteiger partial charge in [0.15, 0.2) is 0 Å². The predicted octanol–water partition coefficient (Wildman–Crippen LogP) is 3.62. The Morgan fingerprint density at radius 3 is 2.71 bits per heavy atom. The van der Waals surface area contributed by atoms with E-state index in [1.165, 1.54) is 17.0 Å². The summed E-state index contributed by atoms with van der Waals surface area (Å²) < 4.78 is 94.8. The quantitative estimate of drug-likeness (QED) is 0.425. The number of amides is 4. The number of aliphatic carboxylic acids is 1. The summed E-state index contributed by atoms with van der Waals surface area (Å²) in [6.45, 7) is -12.2. The summed E-state index contributed by atoms with van der Waals surface area (Å²) in [7, 11) is 0. The molecule has 0 aromatic heterocycles. The van der Waals surface area contributed by atoms with Crippen molar-refractivity contribution in [3.05, 3.63) is 47.3 Å². The van der Waals surface area contributed by atoms with Gasteiger partial charge < -0.3 is 30.1 Å². The van der Waals surface area contributed by atoms with Crippen molar-refractivity contribution in [1.29, 1.82) is 0 Å². The van der Waals surface area contributed by atoms with Crippen LogP contribution in [0.3, 0.4) is 0 Å². The van der Waals surface area contributed by atoms with Gasteiger partial charge in [-0.25, -0.2) is 18.8 Å². The number of hydrogen-bond acceptors (Lipinski definition) is 7. The molecule has 0 bridgehead atoms. The summed E-state index contributed by atoms with van der Waals surface area (Å²) >= 11 is 0. The third kappa shape index (κ3) is 7.23. The number of carboxylic acid groups (broad SMARTS) is 1. The summed E-state index contributed by atoms with van der Waals surface area (Å²) in [6, 6.07) is 1.30. The number of carbonyl (C=O) groups excluding carboxylic acids is 4. The van der Waals surface area contributed by atoms with Gasteiger partial charge in [0.05, 0.1) is 13.1 Å². The minimum atomic E-state index is -3.99. The van der Waals surface area contributed by atoms with Crippen molar-refractivity contribution in [2.75, 3.05) is 6.54 Å². The third-order valence-electron chi connectivity index (χ3n) is 8.61. The van der Waals surface area contributed by atoms with Crippen molar-refractivity contribution in [2.45, 2.75) is 108 Å². The smallest absolute Gasteiger partial charge is 0.410 e. The minimum absolute atomic E-state index is 0.0274. The number of nitrogens with zero attached hydrogens (tertiary/aromatic N) is 2. The van der Waals surface area contributed by atoms with E-state index in [9.17, 15) is 33.5 Å². The van der Waals surface area contributed by atoms with Crippen molar-refractivity contribution in [3.8, 4) is 0 Å². The Kier molecular flexibility index (Phi) is 6.30. The summed E-state index contributed by atoms with van der Waals surface area (Å²) in [5, 5.41) is 14.7. The molecule has 2 fully saturated rings. The molecule has 0 unspecified atom stereocenters. The Balaban J connectivity index is 1.43. The molecule has 3 N–H and O–H groups in total. The van der Waals surface area contributed by atoms with E-state index in [0.29, 0.717) is 30.4 Å². The van der Waals surface area contributed by atoms with Gasteiger partial charge in [-0.05, 0) is 57.9 Å². The van der Waals surface area contributed by atoms with Crippen LogP contribution in [0.2, 0.25) is 0 Å². The zero-order valence-electron chi connectivity index (χ0n) is 33.3. The number of ether oxygens (including phenoxy) is 2. The highest BCUT2D eigenvalue weighted by molar-refractivity contribution is 5.96. The summed E-state index contributed by atoms with van der Waals surface area (Å²) in [5.74, 6) is -4.24. The van der Waals surface area contributed by atoms with E-state index < -0.39 is 98.1 Å². The van der Waals surface area contributed by atoms with Crippen LogP contribution >= 0.6 is 0 Å². The Morgan fingerprint density at radius 1 is 1.18 bits per heavy atom. The Labute approximate surface area is 273 Å². The minimum Gasteiger partial charge on any atom is -0.479 e. The topological polar surface area (TPSA) is 155 Å². The maximum atomic E-state index is 14.4. The number of nitrogens with one attached hydrogen (secondary N) is 2. The molecular formula is C32H41FN4O8. The first-order chi connectivity index (χ1) is 25.0. The summed E-state index contributed by atoms with van der Waals surface area (Å²) in [5.41, 5.74) is -4.80. The van der Waals surface area contributed by atoms with Gasteiger partial charge in [-0.3, -0.25) is 14.5 Å². The monoisotopic (exact) mass is 637 g/mol. The van der Waals surface area contributed by atoms with Gasteiger partial charge in [0, 0.05) is 36.8 Å². The molecule has 1 aliphatic carbocycles. The first kappa shape index (κ1) is 22.4. The molecule has 5 rings (SSSR count). The second-order valence-corrected chi connectivity index (χ2v) is 11.9. The molecule has 3 heterocycles. The average Bonchev–Trinajstić information content (AvgIpc) is 3.35. The Hall–Kier alpha value is -4.16. The number of alkyl carbamates (subject to hydrolysis) is 1. The number of rotatable bonds is 3. The lowest BCUT2D eigenvalue weighted by Crippen LogP contribution is -2.56. The second-order valence-electron chi connectivity index (χ2n) is 11.9. The SMILES string of the molecule is [2H]C([2H])([2H])C(OC(=O)N[C@H]1CCCCC/C=C\[C@@H]2C[C@@]2(C(=O)O)NC(=O)[C@@H]2C[C@@H](OC(=O)N3Cc4cccc(F)c4C3)CN2C1=O)(C([2H])([2H])[2H])C([2H])([2H])[2H]. The van der Waals surface area contributed by atoms with Crippen LogP contribution in [0.1, 0.15) is 89.0 Å². The largest absolute Gasteiger partial charge is 0.479 e. The Morgan fingerprint density at radius 2 is 1.98 bits per heavy atom. The van der Waals surface area contributed by atoms with Gasteiger partial charge in [0.25, 0.3) is 0 Å². The van der Waals surface area contributed by atoms with Gasteiger partial charge in [-0.1, -0.05) is 37.1 Å². The van der Waals surface area contributed by atoms with Gasteiger partial charge in [0.2, 0.25) is 11.8 Å². The zero-order valence-corrected chi connectivity index (χ0v) is 24.3. The number of carbonyl (C=O) groups is 5. The van der Waals surface area contributed by atoms with E-state index in [4.69, 9.17) is 21.8 Å². The van der Waals surface area contributed by atoms with Gasteiger partial charge in [-0.15, -0.1) is 0 Å². The highest BCUT2D eigenvalue weighted by Gasteiger charge is 2.61. The highest BCUT2D eigenvalue weighted by Crippen LogP contribution is 2.45. The summed E-state index contributed by atoms with van der Waals surface area (Å²) in [4.78, 5) is 69.3. The zero-order chi connectivity index (χ0) is 40.0. The molecule has 5 atom stereocenters. The number of carboxylic acids is 1. The molecule has 4 amide bonds. The number of benzene rings is 1. The molecule has 45 heavy (non-hydrogen) atoms. The lowest BCUT2D eigenvalue weighted by molar-refractivity contribution is -0.145. The first-order valence-corrected chi connectivity index (χ1v) is 14.8. The lowest BCUT2D eigenvalue weighted by atomic mass is 10.0. The molecule has 4 aliphatic rings. The molecule has 13 heteroatoms. The van der Waals surface area contributed by atoms with E-state index in [1.807, 2.05) is 0 Å². The van der Waals surface area contributed by atoms with Crippen LogP contribution in [0.5, 0.6) is 0 Å². The van der Waals surface area contributed by atoms with Gasteiger partial charge in [-0.2, -0.15) is 0 Å². The van der Waals surface area contributed by atoms with Crippen LogP contribution < -0.4 is 10.6 Å². The molecule has 0 radical (unpaired) electrons. The second kappa shape index (κ2) is 12.7. The van der Waals surface area contributed by atoms with Crippen molar-refractivity contribution in [2.24, 2.45) is 5.92 Å². The van der Waals surface area contributed by atoms with E-state index >= 15 is 0 Å². The van der Waals surface area contributed by atoms with Crippen LogP contribution in [0.25, 0.3) is 0 Å². The van der Waals surface area contributed by atoms with Crippen molar-refractivity contribution >= 4 is 30.0 Å². The fourth-order valence-electron chi connectivity index (χ4n) is 6.18. The fourth-order valence-corrected chi connectivity index (χ4v) is 6.18. The number of halogens is 1. The van der Waals surface area contributed by atoms with E-state index in [0.717, 1.165) is 4.90 Å². The summed E-state index contributed by atoms with van der Waals surface area (Å²) in [6.07, 6.45) is 1.01. The molecule has 0 spiro atoms. The van der Waals surface area contributed by atoms with Crippen LogP contribution in [0.4, 0.5) is 14.0 Å². The van der Waals surface area contributed by atoms with Crippen LogP contribution in [-0.4, -0.2) is 80.7 Å². The first-order valence-electron chi connectivity index (χ1n) is 19.3. The molecule has 3 aliphatic heterocycles. The number of fused-ring (bicyclic) bond motifs is 3. The molecule has 12 nitrogen and oxygen atoms in total. The van der Waals surface area contributed by atoms with E-state index in [2.05, 4.69) is 10.6 Å². The van der Waals surface area contributed by atoms with Crippen LogP contribution in [0, 0.1) is 11.7 Å². The molecule has 1 aromatic carbocycles. The van der Waals surface area contributed by atoms with Gasteiger partial charge >= 0.3 is 18.2 Å². The van der Waals surface area contributed by atoms with Crippen LogP contribution in [-0.2, 0) is 36.9 Å². The fraction of sp³-hybridized carbons (Fsp3) is 0.594.